The quantitative estimate of drug-likeness (QED) is 0.614. The van der Waals surface area contributed by atoms with Crippen molar-refractivity contribution in [1.82, 2.24) is 25.0 Å². The fourth-order valence-corrected chi connectivity index (χ4v) is 4.47. The maximum Gasteiger partial charge on any atom is 0.236 e. The Hall–Kier alpha value is -2.15. The van der Waals surface area contributed by atoms with Crippen molar-refractivity contribution in [2.45, 2.75) is 33.7 Å². The number of hydrogen-bond acceptors (Lipinski definition) is 4. The Bertz CT molecular complexity index is 703. The summed E-state index contributed by atoms with van der Waals surface area (Å²) < 4.78 is 0. The Balaban J connectivity index is 1.45. The van der Waals surface area contributed by atoms with E-state index in [0.29, 0.717) is 24.9 Å². The summed E-state index contributed by atoms with van der Waals surface area (Å²) in [5.41, 5.74) is 2.23. The molecule has 0 aromatic carbocycles. The van der Waals surface area contributed by atoms with E-state index in [1.165, 1.54) is 12.0 Å². The molecule has 3 heterocycles. The molecule has 2 unspecified atom stereocenters. The number of carbonyl (C=O) groups excluding carboxylic acids is 1. The maximum absolute atomic E-state index is 12.7. The van der Waals surface area contributed by atoms with Gasteiger partial charge in [0, 0.05) is 52.5 Å². The highest BCUT2D eigenvalue weighted by Crippen LogP contribution is 2.21. The van der Waals surface area contributed by atoms with Crippen LogP contribution < -0.4 is 5.32 Å². The second-order valence-corrected chi connectivity index (χ2v) is 8.68. The van der Waals surface area contributed by atoms with Crippen LogP contribution in [-0.4, -0.2) is 84.4 Å². The van der Waals surface area contributed by atoms with Gasteiger partial charge in [0.2, 0.25) is 5.91 Å². The molecule has 0 bridgehead atoms. The minimum atomic E-state index is 0.282. The molecule has 2 fully saturated rings. The number of rotatable bonds is 4. The third kappa shape index (κ3) is 5.92. The van der Waals surface area contributed by atoms with Crippen molar-refractivity contribution in [3.05, 3.63) is 29.6 Å². The number of nitrogens with zero attached hydrogens (tertiary/aromatic N) is 5. The average Bonchev–Trinajstić information content (AvgIpc) is 2.70. The monoisotopic (exact) mass is 400 g/mol. The molecule has 2 atom stereocenters. The molecule has 1 aromatic rings. The number of piperidine rings is 1. The van der Waals surface area contributed by atoms with Crippen molar-refractivity contribution in [2.75, 3.05) is 52.9 Å². The number of nitrogens with one attached hydrogen (secondary N) is 1. The molecule has 0 radical (unpaired) electrons. The van der Waals surface area contributed by atoms with Gasteiger partial charge in [-0.05, 0) is 36.8 Å². The lowest BCUT2D eigenvalue weighted by Gasteiger charge is -2.39. The average molecular weight is 401 g/mol. The summed E-state index contributed by atoms with van der Waals surface area (Å²) in [6, 6.07) is 4.03. The number of carbonyl (C=O) groups is 1. The second kappa shape index (κ2) is 10.1. The first-order valence-electron chi connectivity index (χ1n) is 10.8. The highest BCUT2D eigenvalue weighted by atomic mass is 16.2. The Kier molecular flexibility index (Phi) is 7.47. The molecule has 2 saturated heterocycles. The molecule has 3 rings (SSSR count). The van der Waals surface area contributed by atoms with E-state index >= 15 is 0 Å². The lowest BCUT2D eigenvalue weighted by molar-refractivity contribution is -0.135. The smallest absolute Gasteiger partial charge is 0.236 e. The molecular formula is C22H36N6O. The SMILES string of the molecule is CN=C(NCc1ncccc1C)N1CCN(CC(=O)N2CC(C)CC(C)C2)CC1. The van der Waals surface area contributed by atoms with Crippen LogP contribution in [0.15, 0.2) is 23.3 Å². The molecular weight excluding hydrogens is 364 g/mol. The topological polar surface area (TPSA) is 64.1 Å². The summed E-state index contributed by atoms with van der Waals surface area (Å²) in [5.74, 6) is 2.40. The predicted octanol–water partition coefficient (Wildman–Crippen LogP) is 1.59. The molecule has 7 nitrogen and oxygen atoms in total. The van der Waals surface area contributed by atoms with Crippen molar-refractivity contribution in [3.8, 4) is 0 Å². The molecule has 29 heavy (non-hydrogen) atoms. The minimum Gasteiger partial charge on any atom is -0.351 e. The van der Waals surface area contributed by atoms with Crippen LogP contribution in [-0.2, 0) is 11.3 Å². The van der Waals surface area contributed by atoms with Crippen LogP contribution in [0.3, 0.4) is 0 Å². The molecule has 7 heteroatoms. The van der Waals surface area contributed by atoms with Crippen LogP contribution in [0, 0.1) is 18.8 Å². The van der Waals surface area contributed by atoms with E-state index in [0.717, 1.165) is 50.9 Å². The van der Waals surface area contributed by atoms with E-state index in [1.807, 2.05) is 19.3 Å². The summed E-state index contributed by atoms with van der Waals surface area (Å²) in [7, 11) is 1.82. The molecule has 2 aliphatic heterocycles. The summed E-state index contributed by atoms with van der Waals surface area (Å²) in [6.07, 6.45) is 3.05. The van der Waals surface area contributed by atoms with E-state index in [1.54, 1.807) is 0 Å². The third-order valence-corrected chi connectivity index (χ3v) is 6.00. The van der Waals surface area contributed by atoms with Crippen molar-refractivity contribution >= 4 is 11.9 Å². The summed E-state index contributed by atoms with van der Waals surface area (Å²) in [6.45, 7) is 13.1. The van der Waals surface area contributed by atoms with Gasteiger partial charge < -0.3 is 15.1 Å². The van der Waals surface area contributed by atoms with Crippen LogP contribution >= 0.6 is 0 Å². The standard InChI is InChI=1S/C22H36N6O/c1-17-12-18(2)15-28(14-17)21(29)16-26-8-10-27(11-9-26)22(23-4)25-13-20-19(3)6-5-7-24-20/h5-7,17-18H,8-16H2,1-4H3,(H,23,25). The maximum atomic E-state index is 12.7. The first kappa shape index (κ1) is 21.6. The number of amides is 1. The van der Waals surface area contributed by atoms with Crippen LogP contribution in [0.1, 0.15) is 31.5 Å². The third-order valence-electron chi connectivity index (χ3n) is 6.00. The highest BCUT2D eigenvalue weighted by molar-refractivity contribution is 5.80. The fraction of sp³-hybridized carbons (Fsp3) is 0.682. The first-order valence-corrected chi connectivity index (χ1v) is 10.8. The Morgan fingerprint density at radius 1 is 1.17 bits per heavy atom. The number of aryl methyl sites for hydroxylation is 1. The van der Waals surface area contributed by atoms with Gasteiger partial charge in [-0.2, -0.15) is 0 Å². The van der Waals surface area contributed by atoms with Gasteiger partial charge >= 0.3 is 0 Å². The van der Waals surface area contributed by atoms with E-state index < -0.39 is 0 Å². The predicted molar refractivity (Wildman–Crippen MR) is 117 cm³/mol. The van der Waals surface area contributed by atoms with Crippen LogP contribution in [0.2, 0.25) is 0 Å². The van der Waals surface area contributed by atoms with Crippen molar-refractivity contribution in [3.63, 3.8) is 0 Å². The Morgan fingerprint density at radius 2 is 1.86 bits per heavy atom. The zero-order chi connectivity index (χ0) is 20.8. The molecule has 0 saturated carbocycles. The van der Waals surface area contributed by atoms with Crippen molar-refractivity contribution in [1.29, 1.82) is 0 Å². The Morgan fingerprint density at radius 3 is 2.48 bits per heavy atom. The number of aromatic nitrogens is 1. The number of aliphatic imine (C=N–C) groups is 1. The van der Waals surface area contributed by atoms with E-state index in [4.69, 9.17) is 0 Å². The lowest BCUT2D eigenvalue weighted by Crippen LogP contribution is -2.55. The molecule has 1 amide bonds. The minimum absolute atomic E-state index is 0.282. The van der Waals surface area contributed by atoms with Crippen LogP contribution in [0.25, 0.3) is 0 Å². The number of piperazine rings is 1. The fourth-order valence-electron chi connectivity index (χ4n) is 4.47. The molecule has 0 aliphatic carbocycles. The zero-order valence-electron chi connectivity index (χ0n) is 18.4. The van der Waals surface area contributed by atoms with Gasteiger partial charge in [-0.15, -0.1) is 0 Å². The first-order chi connectivity index (χ1) is 14.0. The number of pyridine rings is 1. The van der Waals surface area contributed by atoms with Crippen LogP contribution in [0.4, 0.5) is 0 Å². The van der Waals surface area contributed by atoms with Gasteiger partial charge in [-0.1, -0.05) is 19.9 Å². The highest BCUT2D eigenvalue weighted by Gasteiger charge is 2.28. The summed E-state index contributed by atoms with van der Waals surface area (Å²) in [4.78, 5) is 28.2. The van der Waals surface area contributed by atoms with E-state index in [-0.39, 0.29) is 5.91 Å². The Labute approximate surface area is 175 Å². The van der Waals surface area contributed by atoms with Crippen LogP contribution in [0.5, 0.6) is 0 Å². The lowest BCUT2D eigenvalue weighted by atomic mass is 9.92. The van der Waals surface area contributed by atoms with Gasteiger partial charge in [-0.3, -0.25) is 19.7 Å². The van der Waals surface area contributed by atoms with E-state index in [2.05, 4.69) is 56.8 Å². The number of guanidine groups is 1. The molecule has 0 spiro atoms. The van der Waals surface area contributed by atoms with Gasteiger partial charge in [0.25, 0.3) is 0 Å². The molecule has 1 aromatic heterocycles. The van der Waals surface area contributed by atoms with Gasteiger partial charge in [-0.25, -0.2) is 0 Å². The zero-order valence-corrected chi connectivity index (χ0v) is 18.4. The van der Waals surface area contributed by atoms with Gasteiger partial charge in [0.05, 0.1) is 18.8 Å². The van der Waals surface area contributed by atoms with Crippen molar-refractivity contribution in [2.24, 2.45) is 16.8 Å². The summed E-state index contributed by atoms with van der Waals surface area (Å²) >= 11 is 0. The number of likely N-dealkylation sites (tertiary alicyclic amines) is 1. The largest absolute Gasteiger partial charge is 0.351 e. The normalized spacial score (nSPS) is 23.9. The van der Waals surface area contributed by atoms with E-state index in [9.17, 15) is 4.79 Å². The molecule has 160 valence electrons. The molecule has 1 N–H and O–H groups in total. The molecule has 2 aliphatic rings. The summed E-state index contributed by atoms with van der Waals surface area (Å²) in [5, 5.41) is 3.43. The van der Waals surface area contributed by atoms with Crippen molar-refractivity contribution < 1.29 is 4.79 Å². The second-order valence-electron chi connectivity index (χ2n) is 8.68. The van der Waals surface area contributed by atoms with Gasteiger partial charge in [0.15, 0.2) is 5.96 Å². The number of hydrogen-bond donors (Lipinski definition) is 1. The van der Waals surface area contributed by atoms with Gasteiger partial charge in [0.1, 0.15) is 0 Å².